The minimum Gasteiger partial charge on any atom is -0.370 e. The van der Waals surface area contributed by atoms with E-state index in [4.69, 9.17) is 5.73 Å². The number of carbonyl (C=O) groups is 1. The minimum atomic E-state index is -0.227. The molecule has 0 unspecified atom stereocenters. The molecule has 3 nitrogen and oxygen atoms in total. The van der Waals surface area contributed by atoms with E-state index in [9.17, 15) is 9.18 Å². The predicted molar refractivity (Wildman–Crippen MR) is 73.2 cm³/mol. The van der Waals surface area contributed by atoms with Crippen LogP contribution in [0.4, 0.5) is 4.39 Å². The Morgan fingerprint density at radius 1 is 1.37 bits per heavy atom. The van der Waals surface area contributed by atoms with Gasteiger partial charge in [0.2, 0.25) is 5.91 Å². The lowest BCUT2D eigenvalue weighted by Gasteiger charge is -2.36. The van der Waals surface area contributed by atoms with Crippen LogP contribution in [0.25, 0.3) is 0 Å². The molecule has 4 heteroatoms. The molecule has 0 heterocycles. The van der Waals surface area contributed by atoms with Gasteiger partial charge in [0.1, 0.15) is 5.82 Å². The largest absolute Gasteiger partial charge is 0.370 e. The normalized spacial score (nSPS) is 21.9. The molecule has 2 rings (SSSR count). The number of carbonyl (C=O) groups excluding carboxylic acids is 1. The molecule has 0 radical (unpaired) electrons. The molecule has 1 aliphatic carbocycles. The van der Waals surface area contributed by atoms with E-state index in [1.54, 1.807) is 12.1 Å². The summed E-state index contributed by atoms with van der Waals surface area (Å²) in [6.45, 7) is 0.924. The number of benzene rings is 1. The van der Waals surface area contributed by atoms with Crippen molar-refractivity contribution in [2.45, 2.75) is 44.1 Å². The second kappa shape index (κ2) is 6.66. The van der Waals surface area contributed by atoms with Crippen LogP contribution in [-0.2, 0) is 4.79 Å². The van der Waals surface area contributed by atoms with Crippen LogP contribution in [0.2, 0.25) is 0 Å². The van der Waals surface area contributed by atoms with Crippen molar-refractivity contribution in [3.05, 3.63) is 35.6 Å². The number of rotatable bonds is 7. The number of halogens is 1. The molecular formula is C15H21FN2O. The highest BCUT2D eigenvalue weighted by Gasteiger charge is 2.29. The first-order valence-corrected chi connectivity index (χ1v) is 6.92. The molecule has 0 saturated heterocycles. The van der Waals surface area contributed by atoms with Gasteiger partial charge in [0.25, 0.3) is 0 Å². The lowest BCUT2D eigenvalue weighted by molar-refractivity contribution is -0.118. The van der Waals surface area contributed by atoms with Crippen LogP contribution in [0, 0.1) is 5.82 Å². The van der Waals surface area contributed by atoms with Crippen molar-refractivity contribution in [3.63, 3.8) is 0 Å². The molecule has 1 aromatic rings. The van der Waals surface area contributed by atoms with Gasteiger partial charge in [-0.15, -0.1) is 0 Å². The van der Waals surface area contributed by atoms with Crippen LogP contribution < -0.4 is 11.1 Å². The third-order valence-electron chi connectivity index (χ3n) is 3.74. The first kappa shape index (κ1) is 14.0. The summed E-state index contributed by atoms with van der Waals surface area (Å²) in [5, 5.41) is 3.46. The summed E-state index contributed by atoms with van der Waals surface area (Å²) in [6.07, 6.45) is 4.43. The van der Waals surface area contributed by atoms with Crippen molar-refractivity contribution >= 4 is 5.91 Å². The molecule has 0 aromatic heterocycles. The lowest BCUT2D eigenvalue weighted by Crippen LogP contribution is -2.40. The van der Waals surface area contributed by atoms with E-state index in [0.29, 0.717) is 18.4 Å². The Morgan fingerprint density at radius 2 is 2.16 bits per heavy atom. The van der Waals surface area contributed by atoms with Gasteiger partial charge >= 0.3 is 0 Å². The van der Waals surface area contributed by atoms with E-state index in [-0.39, 0.29) is 11.7 Å². The Hall–Kier alpha value is -1.42. The monoisotopic (exact) mass is 264 g/mol. The Morgan fingerprint density at radius 3 is 2.84 bits per heavy atom. The van der Waals surface area contributed by atoms with Gasteiger partial charge in [-0.05, 0) is 55.8 Å². The van der Waals surface area contributed by atoms with Crippen molar-refractivity contribution < 1.29 is 9.18 Å². The van der Waals surface area contributed by atoms with Gasteiger partial charge in [-0.2, -0.15) is 0 Å². The zero-order valence-corrected chi connectivity index (χ0v) is 11.1. The van der Waals surface area contributed by atoms with Crippen LogP contribution in [0.1, 0.15) is 43.6 Å². The minimum absolute atomic E-state index is 0.152. The summed E-state index contributed by atoms with van der Waals surface area (Å²) < 4.78 is 13.1. The van der Waals surface area contributed by atoms with E-state index < -0.39 is 0 Å². The van der Waals surface area contributed by atoms with Gasteiger partial charge in [0.15, 0.2) is 0 Å². The summed E-state index contributed by atoms with van der Waals surface area (Å²) >= 11 is 0. The highest BCUT2D eigenvalue weighted by atomic mass is 19.1. The number of unbranched alkanes of at least 4 members (excludes halogenated alkanes) is 1. The summed E-state index contributed by atoms with van der Waals surface area (Å²) in [5.74, 6) is 0.106. The molecular weight excluding hydrogens is 243 g/mol. The Kier molecular flexibility index (Phi) is 4.91. The lowest BCUT2D eigenvalue weighted by atomic mass is 9.76. The maximum absolute atomic E-state index is 13.1. The Labute approximate surface area is 113 Å². The van der Waals surface area contributed by atoms with E-state index in [0.717, 1.165) is 37.8 Å². The van der Waals surface area contributed by atoms with Gasteiger partial charge in [0, 0.05) is 12.5 Å². The first-order valence-electron chi connectivity index (χ1n) is 6.92. The molecule has 1 aromatic carbocycles. The van der Waals surface area contributed by atoms with Crippen molar-refractivity contribution in [1.29, 1.82) is 0 Å². The molecule has 19 heavy (non-hydrogen) atoms. The fourth-order valence-corrected chi connectivity index (χ4v) is 2.55. The van der Waals surface area contributed by atoms with Crippen LogP contribution in [0.15, 0.2) is 24.3 Å². The molecule has 104 valence electrons. The number of primary amides is 1. The molecule has 1 fully saturated rings. The fourth-order valence-electron chi connectivity index (χ4n) is 2.55. The molecule has 0 atom stereocenters. The summed E-state index contributed by atoms with van der Waals surface area (Å²) in [5.41, 5.74) is 6.18. The van der Waals surface area contributed by atoms with Crippen molar-refractivity contribution in [1.82, 2.24) is 5.32 Å². The van der Waals surface area contributed by atoms with Gasteiger partial charge in [-0.3, -0.25) is 4.79 Å². The zero-order chi connectivity index (χ0) is 13.7. The number of hydrogen-bond donors (Lipinski definition) is 2. The molecule has 0 spiro atoms. The SMILES string of the molecule is NC(=O)CCCCNC1CC(c2cccc(F)c2)C1. The smallest absolute Gasteiger partial charge is 0.217 e. The average Bonchev–Trinajstić information content (AvgIpc) is 2.30. The highest BCUT2D eigenvalue weighted by Crippen LogP contribution is 2.36. The molecule has 1 aliphatic rings. The third kappa shape index (κ3) is 4.31. The molecule has 1 saturated carbocycles. The fraction of sp³-hybridized carbons (Fsp3) is 0.533. The maximum atomic E-state index is 13.1. The van der Waals surface area contributed by atoms with Crippen LogP contribution in [0.5, 0.6) is 0 Å². The molecule has 1 amide bonds. The predicted octanol–water partition coefficient (Wildman–Crippen LogP) is 2.32. The van der Waals surface area contributed by atoms with Crippen LogP contribution in [0.3, 0.4) is 0 Å². The van der Waals surface area contributed by atoms with Crippen LogP contribution >= 0.6 is 0 Å². The zero-order valence-electron chi connectivity index (χ0n) is 11.1. The van der Waals surface area contributed by atoms with Crippen molar-refractivity contribution in [2.75, 3.05) is 6.54 Å². The molecule has 3 N–H and O–H groups in total. The standard InChI is InChI=1S/C15H21FN2O/c16-13-5-3-4-11(8-13)12-9-14(10-12)18-7-2-1-6-15(17)19/h3-5,8,12,14,18H,1-2,6-7,9-10H2,(H2,17,19). The second-order valence-electron chi connectivity index (χ2n) is 5.30. The maximum Gasteiger partial charge on any atom is 0.217 e. The van der Waals surface area contributed by atoms with Gasteiger partial charge in [-0.1, -0.05) is 12.1 Å². The van der Waals surface area contributed by atoms with Gasteiger partial charge in [-0.25, -0.2) is 4.39 Å². The van der Waals surface area contributed by atoms with Crippen molar-refractivity contribution in [3.8, 4) is 0 Å². The summed E-state index contributed by atoms with van der Waals surface area (Å²) in [4.78, 5) is 10.6. The summed E-state index contributed by atoms with van der Waals surface area (Å²) in [7, 11) is 0. The molecule has 0 bridgehead atoms. The topological polar surface area (TPSA) is 55.1 Å². The van der Waals surface area contributed by atoms with Gasteiger partial charge in [0.05, 0.1) is 0 Å². The Balaban J connectivity index is 1.60. The summed E-state index contributed by atoms with van der Waals surface area (Å²) in [6, 6.07) is 7.41. The Bertz CT molecular complexity index is 430. The average molecular weight is 264 g/mol. The van der Waals surface area contributed by atoms with E-state index in [1.165, 1.54) is 6.07 Å². The van der Waals surface area contributed by atoms with Crippen molar-refractivity contribution in [2.24, 2.45) is 5.73 Å². The third-order valence-corrected chi connectivity index (χ3v) is 3.74. The highest BCUT2D eigenvalue weighted by molar-refractivity contribution is 5.73. The number of amides is 1. The molecule has 0 aliphatic heterocycles. The van der Waals surface area contributed by atoms with E-state index in [1.807, 2.05) is 6.07 Å². The van der Waals surface area contributed by atoms with Gasteiger partial charge < -0.3 is 11.1 Å². The second-order valence-corrected chi connectivity index (χ2v) is 5.30. The number of hydrogen-bond acceptors (Lipinski definition) is 2. The van der Waals surface area contributed by atoms with E-state index in [2.05, 4.69) is 5.32 Å². The van der Waals surface area contributed by atoms with Crippen LogP contribution in [-0.4, -0.2) is 18.5 Å². The quantitative estimate of drug-likeness (QED) is 0.743. The number of nitrogens with two attached hydrogens (primary N) is 1. The van der Waals surface area contributed by atoms with E-state index >= 15 is 0 Å². The number of nitrogens with one attached hydrogen (secondary N) is 1. The first-order chi connectivity index (χ1) is 9.15.